The standard InChI is InChI=1S/C7H13O2/c1-3-5-6(4-2)7(8)9/h5-6H,3-4H2,1-2H3,(H,8,9). The van der Waals surface area contributed by atoms with E-state index in [-0.39, 0.29) is 5.92 Å². The first-order valence-electron chi connectivity index (χ1n) is 3.28. The Hall–Kier alpha value is -0.530. The molecule has 0 aromatic carbocycles. The van der Waals surface area contributed by atoms with Crippen LogP contribution >= 0.6 is 0 Å². The molecule has 2 nitrogen and oxygen atoms in total. The third-order valence-corrected chi connectivity index (χ3v) is 1.28. The summed E-state index contributed by atoms with van der Waals surface area (Å²) in [7, 11) is 0. The lowest BCUT2D eigenvalue weighted by molar-refractivity contribution is -0.140. The number of carbonyl (C=O) groups is 1. The molecule has 0 saturated carbocycles. The molecule has 2 heteroatoms. The second-order valence-electron chi connectivity index (χ2n) is 2.00. The Morgan fingerprint density at radius 1 is 1.67 bits per heavy atom. The number of carboxylic acid groups (broad SMARTS) is 1. The number of carboxylic acids is 1. The van der Waals surface area contributed by atoms with Crippen LogP contribution in [0.4, 0.5) is 0 Å². The monoisotopic (exact) mass is 129 g/mol. The summed E-state index contributed by atoms with van der Waals surface area (Å²) in [6.07, 6.45) is 3.36. The highest BCUT2D eigenvalue weighted by Crippen LogP contribution is 2.08. The molecule has 0 heterocycles. The maximum absolute atomic E-state index is 10.3. The molecular formula is C7H13O2. The van der Waals surface area contributed by atoms with Crippen molar-refractivity contribution < 1.29 is 9.90 Å². The van der Waals surface area contributed by atoms with Gasteiger partial charge in [0.05, 0.1) is 5.92 Å². The van der Waals surface area contributed by atoms with Gasteiger partial charge in [-0.3, -0.25) is 4.79 Å². The van der Waals surface area contributed by atoms with Crippen molar-refractivity contribution in [3.8, 4) is 0 Å². The molecule has 1 unspecified atom stereocenters. The summed E-state index contributed by atoms with van der Waals surface area (Å²) in [6, 6.07) is 0. The minimum Gasteiger partial charge on any atom is -0.481 e. The molecule has 0 spiro atoms. The zero-order valence-corrected chi connectivity index (χ0v) is 5.92. The van der Waals surface area contributed by atoms with Crippen molar-refractivity contribution in [3.63, 3.8) is 0 Å². The van der Waals surface area contributed by atoms with Crippen LogP contribution in [0.2, 0.25) is 0 Å². The molecule has 0 fully saturated rings. The van der Waals surface area contributed by atoms with Crippen LogP contribution in [0, 0.1) is 12.3 Å². The van der Waals surface area contributed by atoms with Crippen molar-refractivity contribution in [2.45, 2.75) is 26.7 Å². The predicted molar refractivity (Wildman–Crippen MR) is 36.0 cm³/mol. The van der Waals surface area contributed by atoms with E-state index >= 15 is 0 Å². The van der Waals surface area contributed by atoms with E-state index in [1.54, 1.807) is 0 Å². The molecule has 9 heavy (non-hydrogen) atoms. The molecule has 1 N–H and O–H groups in total. The minimum absolute atomic E-state index is 0.241. The maximum Gasteiger partial charge on any atom is 0.306 e. The predicted octanol–water partition coefficient (Wildman–Crippen LogP) is 1.71. The summed E-state index contributed by atoms with van der Waals surface area (Å²) >= 11 is 0. The molecule has 0 aliphatic rings. The van der Waals surface area contributed by atoms with Gasteiger partial charge >= 0.3 is 5.97 Å². The van der Waals surface area contributed by atoms with E-state index in [1.165, 1.54) is 0 Å². The highest BCUT2D eigenvalue weighted by molar-refractivity contribution is 5.71. The van der Waals surface area contributed by atoms with Gasteiger partial charge in [0.15, 0.2) is 0 Å². The van der Waals surface area contributed by atoms with E-state index < -0.39 is 5.97 Å². The van der Waals surface area contributed by atoms with E-state index in [0.717, 1.165) is 6.42 Å². The highest BCUT2D eigenvalue weighted by atomic mass is 16.4. The first kappa shape index (κ1) is 8.47. The van der Waals surface area contributed by atoms with Gasteiger partial charge in [0.2, 0.25) is 0 Å². The smallest absolute Gasteiger partial charge is 0.306 e. The Bertz CT molecular complexity index is 88.9. The topological polar surface area (TPSA) is 37.3 Å². The molecule has 0 aromatic rings. The van der Waals surface area contributed by atoms with Gasteiger partial charge in [-0.25, -0.2) is 0 Å². The van der Waals surface area contributed by atoms with Crippen LogP contribution in [0.5, 0.6) is 0 Å². The number of hydrogen-bond acceptors (Lipinski definition) is 1. The summed E-state index contributed by atoms with van der Waals surface area (Å²) in [4.78, 5) is 10.3. The Labute approximate surface area is 55.9 Å². The van der Waals surface area contributed by atoms with Crippen molar-refractivity contribution in [1.29, 1.82) is 0 Å². The maximum atomic E-state index is 10.3. The number of aliphatic carboxylic acids is 1. The van der Waals surface area contributed by atoms with Crippen LogP contribution in [0.25, 0.3) is 0 Å². The third kappa shape index (κ3) is 3.12. The summed E-state index contributed by atoms with van der Waals surface area (Å²) in [5.74, 6) is -0.950. The quantitative estimate of drug-likeness (QED) is 0.627. The number of rotatable bonds is 4. The fraction of sp³-hybridized carbons (Fsp3) is 0.714. The average molecular weight is 129 g/mol. The average Bonchev–Trinajstić information content (AvgIpc) is 1.82. The molecule has 1 atom stereocenters. The van der Waals surface area contributed by atoms with E-state index in [0.29, 0.717) is 6.42 Å². The van der Waals surface area contributed by atoms with Crippen LogP contribution in [0.3, 0.4) is 0 Å². The van der Waals surface area contributed by atoms with Gasteiger partial charge in [0.25, 0.3) is 0 Å². The first-order chi connectivity index (χ1) is 4.22. The fourth-order valence-electron chi connectivity index (χ4n) is 0.727. The third-order valence-electron chi connectivity index (χ3n) is 1.28. The molecule has 1 radical (unpaired) electrons. The van der Waals surface area contributed by atoms with Gasteiger partial charge in [-0.15, -0.1) is 0 Å². The van der Waals surface area contributed by atoms with E-state index in [9.17, 15) is 4.79 Å². The summed E-state index contributed by atoms with van der Waals surface area (Å²) in [6.45, 7) is 3.83. The Balaban J connectivity index is 3.54. The van der Waals surface area contributed by atoms with Gasteiger partial charge in [-0.05, 0) is 12.8 Å². The second-order valence-corrected chi connectivity index (χ2v) is 2.00. The van der Waals surface area contributed by atoms with Crippen molar-refractivity contribution >= 4 is 5.97 Å². The van der Waals surface area contributed by atoms with Gasteiger partial charge in [-0.2, -0.15) is 0 Å². The van der Waals surface area contributed by atoms with Crippen LogP contribution in [-0.2, 0) is 4.79 Å². The van der Waals surface area contributed by atoms with Crippen LogP contribution in [0.15, 0.2) is 0 Å². The van der Waals surface area contributed by atoms with E-state index in [4.69, 9.17) is 5.11 Å². The van der Waals surface area contributed by atoms with Crippen LogP contribution < -0.4 is 0 Å². The first-order valence-corrected chi connectivity index (χ1v) is 3.28. The molecule has 0 bridgehead atoms. The van der Waals surface area contributed by atoms with Crippen molar-refractivity contribution in [3.05, 3.63) is 6.42 Å². The SMILES string of the molecule is CC[CH]C(CC)C(=O)O. The largest absolute Gasteiger partial charge is 0.481 e. The van der Waals surface area contributed by atoms with Crippen LogP contribution in [-0.4, -0.2) is 11.1 Å². The van der Waals surface area contributed by atoms with Crippen LogP contribution in [0.1, 0.15) is 26.7 Å². The normalized spacial score (nSPS) is 13.1. The molecule has 0 saturated heterocycles. The fourth-order valence-corrected chi connectivity index (χ4v) is 0.727. The van der Waals surface area contributed by atoms with Crippen molar-refractivity contribution in [1.82, 2.24) is 0 Å². The highest BCUT2D eigenvalue weighted by Gasteiger charge is 2.12. The Kier molecular flexibility index (Phi) is 4.10. The van der Waals surface area contributed by atoms with Crippen molar-refractivity contribution in [2.75, 3.05) is 0 Å². The zero-order valence-electron chi connectivity index (χ0n) is 5.92. The lowest BCUT2D eigenvalue weighted by Crippen LogP contribution is -2.12. The lowest BCUT2D eigenvalue weighted by Gasteiger charge is -2.04. The minimum atomic E-state index is -0.709. The van der Waals surface area contributed by atoms with Gasteiger partial charge in [0, 0.05) is 0 Å². The van der Waals surface area contributed by atoms with Gasteiger partial charge < -0.3 is 5.11 Å². The summed E-state index contributed by atoms with van der Waals surface area (Å²) in [5.41, 5.74) is 0. The molecule has 0 aliphatic heterocycles. The van der Waals surface area contributed by atoms with E-state index in [1.807, 2.05) is 20.3 Å². The molecule has 0 amide bonds. The molecule has 0 aliphatic carbocycles. The summed E-state index contributed by atoms with van der Waals surface area (Å²) in [5, 5.41) is 8.47. The van der Waals surface area contributed by atoms with E-state index in [2.05, 4.69) is 0 Å². The molecule has 0 rings (SSSR count). The second kappa shape index (κ2) is 4.36. The Morgan fingerprint density at radius 3 is 2.33 bits per heavy atom. The number of hydrogen-bond donors (Lipinski definition) is 1. The van der Waals surface area contributed by atoms with Gasteiger partial charge in [0.1, 0.15) is 0 Å². The van der Waals surface area contributed by atoms with Gasteiger partial charge in [-0.1, -0.05) is 20.3 Å². The molecular weight excluding hydrogens is 116 g/mol. The molecule has 0 aromatic heterocycles. The van der Waals surface area contributed by atoms with Crippen molar-refractivity contribution in [2.24, 2.45) is 5.92 Å². The lowest BCUT2D eigenvalue weighted by atomic mass is 10.0. The zero-order chi connectivity index (χ0) is 7.28. The molecule has 53 valence electrons. The Morgan fingerprint density at radius 2 is 2.22 bits per heavy atom. The summed E-state index contributed by atoms with van der Waals surface area (Å²) < 4.78 is 0.